The van der Waals surface area contributed by atoms with Crippen molar-refractivity contribution in [3.63, 3.8) is 0 Å². The first-order valence-electron chi connectivity index (χ1n) is 8.71. The lowest BCUT2D eigenvalue weighted by atomic mass is 9.71. The van der Waals surface area contributed by atoms with Crippen molar-refractivity contribution in [2.24, 2.45) is 17.8 Å². The standard InChI is InChI=1S/C20H27NO3/c1-4-23-19(22)18(14-21)17(12-15-8-6-5-7-9-15)16-10-11-24-20(2,3)13-16/h5-9,16-18H,4,10-13H2,1-3H3/t16-,17+,18-/m0/s1. The lowest BCUT2D eigenvalue weighted by Crippen LogP contribution is -2.41. The highest BCUT2D eigenvalue weighted by atomic mass is 16.5. The van der Waals surface area contributed by atoms with Crippen molar-refractivity contribution in [3.05, 3.63) is 35.9 Å². The van der Waals surface area contributed by atoms with Gasteiger partial charge in [-0.1, -0.05) is 30.3 Å². The van der Waals surface area contributed by atoms with Gasteiger partial charge in [-0.2, -0.15) is 5.26 Å². The number of nitrogens with zero attached hydrogens (tertiary/aromatic N) is 1. The van der Waals surface area contributed by atoms with Crippen LogP contribution >= 0.6 is 0 Å². The van der Waals surface area contributed by atoms with Gasteiger partial charge >= 0.3 is 5.97 Å². The van der Waals surface area contributed by atoms with E-state index in [1.165, 1.54) is 0 Å². The number of esters is 1. The zero-order chi connectivity index (χ0) is 17.6. The minimum absolute atomic E-state index is 0.0559. The van der Waals surface area contributed by atoms with E-state index >= 15 is 0 Å². The third-order valence-corrected chi connectivity index (χ3v) is 4.76. The van der Waals surface area contributed by atoms with E-state index in [9.17, 15) is 10.1 Å². The van der Waals surface area contributed by atoms with Gasteiger partial charge in [0.15, 0.2) is 0 Å². The number of carbonyl (C=O) groups is 1. The molecule has 0 aliphatic carbocycles. The van der Waals surface area contributed by atoms with E-state index in [1.54, 1.807) is 6.92 Å². The average molecular weight is 329 g/mol. The molecule has 4 heteroatoms. The summed E-state index contributed by atoms with van der Waals surface area (Å²) >= 11 is 0. The average Bonchev–Trinajstić information content (AvgIpc) is 2.55. The predicted octanol–water partition coefficient (Wildman–Crippen LogP) is 3.75. The number of ether oxygens (including phenoxy) is 2. The van der Waals surface area contributed by atoms with Crippen LogP contribution in [0.3, 0.4) is 0 Å². The van der Waals surface area contributed by atoms with Crippen LogP contribution in [0.2, 0.25) is 0 Å². The molecular formula is C20H27NO3. The van der Waals surface area contributed by atoms with E-state index in [-0.39, 0.29) is 17.4 Å². The number of hydrogen-bond donors (Lipinski definition) is 0. The summed E-state index contributed by atoms with van der Waals surface area (Å²) in [5.41, 5.74) is 0.934. The van der Waals surface area contributed by atoms with Crippen LogP contribution in [0.1, 0.15) is 39.2 Å². The van der Waals surface area contributed by atoms with Crippen LogP contribution in [0.5, 0.6) is 0 Å². The van der Waals surface area contributed by atoms with Gasteiger partial charge in [0.05, 0.1) is 18.3 Å². The molecule has 1 fully saturated rings. The number of benzene rings is 1. The lowest BCUT2D eigenvalue weighted by Gasteiger charge is -2.40. The highest BCUT2D eigenvalue weighted by Crippen LogP contribution is 2.38. The molecule has 1 saturated heterocycles. The van der Waals surface area contributed by atoms with Gasteiger partial charge in [-0.05, 0) is 57.4 Å². The second-order valence-electron chi connectivity index (χ2n) is 7.07. The minimum Gasteiger partial charge on any atom is -0.465 e. The van der Waals surface area contributed by atoms with Crippen LogP contribution in [0, 0.1) is 29.1 Å². The molecule has 0 spiro atoms. The predicted molar refractivity (Wildman–Crippen MR) is 92.1 cm³/mol. The van der Waals surface area contributed by atoms with E-state index in [2.05, 4.69) is 32.0 Å². The molecule has 1 heterocycles. The van der Waals surface area contributed by atoms with Crippen molar-refractivity contribution < 1.29 is 14.3 Å². The first kappa shape index (κ1) is 18.5. The van der Waals surface area contributed by atoms with E-state index in [0.29, 0.717) is 19.6 Å². The Labute approximate surface area is 144 Å². The molecular weight excluding hydrogens is 302 g/mol. The van der Waals surface area contributed by atoms with Crippen molar-refractivity contribution in [1.82, 2.24) is 0 Å². The van der Waals surface area contributed by atoms with Gasteiger partial charge in [0.2, 0.25) is 0 Å². The first-order valence-corrected chi connectivity index (χ1v) is 8.71. The van der Waals surface area contributed by atoms with Crippen LogP contribution in [0.4, 0.5) is 0 Å². The van der Waals surface area contributed by atoms with Gasteiger partial charge in [-0.15, -0.1) is 0 Å². The summed E-state index contributed by atoms with van der Waals surface area (Å²) in [5.74, 6) is -0.920. The zero-order valence-electron chi connectivity index (χ0n) is 14.8. The van der Waals surface area contributed by atoms with Crippen LogP contribution in [-0.2, 0) is 20.7 Å². The van der Waals surface area contributed by atoms with Gasteiger partial charge in [0, 0.05) is 6.61 Å². The van der Waals surface area contributed by atoms with Crippen molar-refractivity contribution in [2.45, 2.75) is 45.6 Å². The van der Waals surface area contributed by atoms with Gasteiger partial charge in [-0.25, -0.2) is 0 Å². The Kier molecular flexibility index (Phi) is 6.39. The fourth-order valence-corrected chi connectivity index (χ4v) is 3.64. The Bertz CT molecular complexity index is 576. The van der Waals surface area contributed by atoms with Crippen LogP contribution < -0.4 is 0 Å². The topological polar surface area (TPSA) is 59.3 Å². The number of hydrogen-bond acceptors (Lipinski definition) is 4. The summed E-state index contributed by atoms with van der Waals surface area (Å²) in [4.78, 5) is 12.3. The van der Waals surface area contributed by atoms with Crippen molar-refractivity contribution >= 4 is 5.97 Å². The highest BCUT2D eigenvalue weighted by molar-refractivity contribution is 5.75. The highest BCUT2D eigenvalue weighted by Gasteiger charge is 2.40. The first-order chi connectivity index (χ1) is 11.5. The van der Waals surface area contributed by atoms with Crippen molar-refractivity contribution in [1.29, 1.82) is 5.26 Å². The Balaban J connectivity index is 2.26. The maximum Gasteiger partial charge on any atom is 0.323 e. The molecule has 1 aliphatic heterocycles. The molecule has 1 aromatic rings. The quantitative estimate of drug-likeness (QED) is 0.746. The van der Waals surface area contributed by atoms with Gasteiger partial charge < -0.3 is 9.47 Å². The Morgan fingerprint density at radius 1 is 1.42 bits per heavy atom. The summed E-state index contributed by atoms with van der Waals surface area (Å²) in [6, 6.07) is 12.3. The minimum atomic E-state index is -0.732. The molecule has 0 aromatic heterocycles. The molecule has 2 rings (SSSR count). The monoisotopic (exact) mass is 329 g/mol. The van der Waals surface area contributed by atoms with Crippen molar-refractivity contribution in [3.8, 4) is 6.07 Å². The molecule has 4 nitrogen and oxygen atoms in total. The smallest absolute Gasteiger partial charge is 0.323 e. The van der Waals surface area contributed by atoms with E-state index in [4.69, 9.17) is 9.47 Å². The Morgan fingerprint density at radius 3 is 2.71 bits per heavy atom. The largest absolute Gasteiger partial charge is 0.465 e. The molecule has 0 N–H and O–H groups in total. The van der Waals surface area contributed by atoms with E-state index < -0.39 is 11.9 Å². The fourth-order valence-electron chi connectivity index (χ4n) is 3.64. The molecule has 0 saturated carbocycles. The SMILES string of the molecule is CCOC(=O)[C@@H](C#N)[C@H](Cc1ccccc1)[C@H]1CCOC(C)(C)C1. The summed E-state index contributed by atoms with van der Waals surface area (Å²) < 4.78 is 11.0. The molecule has 24 heavy (non-hydrogen) atoms. The maximum absolute atomic E-state index is 12.3. The second-order valence-corrected chi connectivity index (χ2v) is 7.07. The van der Waals surface area contributed by atoms with Gasteiger partial charge in [-0.3, -0.25) is 4.79 Å². The fraction of sp³-hybridized carbons (Fsp3) is 0.600. The summed E-state index contributed by atoms with van der Waals surface area (Å²) in [6.07, 6.45) is 2.43. The lowest BCUT2D eigenvalue weighted by molar-refractivity contribution is -0.150. The molecule has 0 bridgehead atoms. The molecule has 130 valence electrons. The third kappa shape index (κ3) is 4.82. The maximum atomic E-state index is 12.3. The summed E-state index contributed by atoms with van der Waals surface area (Å²) in [7, 11) is 0. The van der Waals surface area contributed by atoms with Crippen LogP contribution in [0.25, 0.3) is 0 Å². The van der Waals surface area contributed by atoms with Crippen LogP contribution in [-0.4, -0.2) is 24.8 Å². The van der Waals surface area contributed by atoms with Gasteiger partial charge in [0.25, 0.3) is 0 Å². The zero-order valence-corrected chi connectivity index (χ0v) is 14.8. The summed E-state index contributed by atoms with van der Waals surface area (Å²) in [5, 5.41) is 9.65. The number of carbonyl (C=O) groups excluding carboxylic acids is 1. The Morgan fingerprint density at radius 2 is 2.12 bits per heavy atom. The Hall–Kier alpha value is -1.86. The number of rotatable bonds is 6. The molecule has 3 atom stereocenters. The van der Waals surface area contributed by atoms with E-state index in [1.807, 2.05) is 18.2 Å². The normalized spacial score (nSPS) is 22.2. The van der Waals surface area contributed by atoms with Crippen molar-refractivity contribution in [2.75, 3.05) is 13.2 Å². The van der Waals surface area contributed by atoms with E-state index in [0.717, 1.165) is 18.4 Å². The van der Waals surface area contributed by atoms with Crippen LogP contribution in [0.15, 0.2) is 30.3 Å². The second kappa shape index (κ2) is 8.30. The molecule has 1 aromatic carbocycles. The molecule has 0 unspecified atom stereocenters. The van der Waals surface area contributed by atoms with Gasteiger partial charge in [0.1, 0.15) is 5.92 Å². The molecule has 0 amide bonds. The molecule has 0 radical (unpaired) electrons. The molecule has 1 aliphatic rings. The number of nitriles is 1. The summed E-state index contributed by atoms with van der Waals surface area (Å²) in [6.45, 7) is 6.89. The third-order valence-electron chi connectivity index (χ3n) is 4.76.